The summed E-state index contributed by atoms with van der Waals surface area (Å²) >= 11 is 0. The van der Waals surface area contributed by atoms with Gasteiger partial charge >= 0.3 is 11.9 Å². The molecule has 4 nitrogen and oxygen atoms in total. The minimum atomic E-state index is -0.566. The van der Waals surface area contributed by atoms with Crippen molar-refractivity contribution < 1.29 is 19.1 Å². The maximum atomic E-state index is 10.8. The molecular weight excluding hydrogens is 160 g/mol. The van der Waals surface area contributed by atoms with E-state index in [4.69, 9.17) is 9.47 Å². The van der Waals surface area contributed by atoms with Gasteiger partial charge in [0.1, 0.15) is 11.5 Å². The van der Waals surface area contributed by atoms with Gasteiger partial charge in [0.05, 0.1) is 0 Å². The molecule has 0 radical (unpaired) electrons. The highest BCUT2D eigenvalue weighted by Crippen LogP contribution is 2.10. The third-order valence-electron chi connectivity index (χ3n) is 1.36. The molecule has 0 aromatic heterocycles. The number of esters is 2. The average molecular weight is 168 g/mol. The van der Waals surface area contributed by atoms with Gasteiger partial charge in [-0.05, 0) is 13.8 Å². The van der Waals surface area contributed by atoms with Crippen molar-refractivity contribution in [3.05, 3.63) is 23.7 Å². The van der Waals surface area contributed by atoms with Gasteiger partial charge < -0.3 is 9.47 Å². The van der Waals surface area contributed by atoms with Crippen LogP contribution < -0.4 is 0 Å². The minimum Gasteiger partial charge on any atom is -0.425 e. The molecule has 0 saturated carbocycles. The van der Waals surface area contributed by atoms with E-state index >= 15 is 0 Å². The van der Waals surface area contributed by atoms with Crippen molar-refractivity contribution in [2.75, 3.05) is 0 Å². The predicted molar refractivity (Wildman–Crippen MR) is 39.7 cm³/mol. The van der Waals surface area contributed by atoms with Crippen LogP contribution in [0.3, 0.4) is 0 Å². The van der Waals surface area contributed by atoms with E-state index in [0.29, 0.717) is 11.5 Å². The van der Waals surface area contributed by atoms with Gasteiger partial charge in [0, 0.05) is 12.2 Å². The maximum absolute atomic E-state index is 10.8. The number of carbonyl (C=O) groups excluding carboxylic acids is 2. The monoisotopic (exact) mass is 168 g/mol. The van der Waals surface area contributed by atoms with E-state index in [9.17, 15) is 9.59 Å². The Morgan fingerprint density at radius 2 is 1.25 bits per heavy atom. The van der Waals surface area contributed by atoms with Gasteiger partial charge in [-0.3, -0.25) is 0 Å². The van der Waals surface area contributed by atoms with Crippen molar-refractivity contribution in [3.8, 4) is 0 Å². The molecule has 0 aromatic rings. The molecule has 1 aliphatic rings. The van der Waals surface area contributed by atoms with E-state index in [2.05, 4.69) is 0 Å². The molecule has 0 N–H and O–H groups in total. The van der Waals surface area contributed by atoms with Gasteiger partial charge in [-0.15, -0.1) is 0 Å². The van der Waals surface area contributed by atoms with Crippen LogP contribution in [0.25, 0.3) is 0 Å². The first-order chi connectivity index (χ1) is 5.59. The van der Waals surface area contributed by atoms with Crippen molar-refractivity contribution in [1.29, 1.82) is 0 Å². The first kappa shape index (κ1) is 8.52. The van der Waals surface area contributed by atoms with Gasteiger partial charge in [0.15, 0.2) is 0 Å². The molecule has 0 fully saturated rings. The zero-order chi connectivity index (χ0) is 9.14. The van der Waals surface area contributed by atoms with Crippen LogP contribution in [0.15, 0.2) is 23.7 Å². The van der Waals surface area contributed by atoms with Gasteiger partial charge in [0.25, 0.3) is 0 Å². The van der Waals surface area contributed by atoms with Crippen LogP contribution in [0.1, 0.15) is 13.8 Å². The second-order valence-electron chi connectivity index (χ2n) is 2.29. The first-order valence-electron chi connectivity index (χ1n) is 3.39. The van der Waals surface area contributed by atoms with Crippen molar-refractivity contribution >= 4 is 11.9 Å². The molecule has 1 rings (SSSR count). The summed E-state index contributed by atoms with van der Waals surface area (Å²) in [5, 5.41) is 0. The summed E-state index contributed by atoms with van der Waals surface area (Å²) in [4.78, 5) is 21.6. The first-order valence-corrected chi connectivity index (χ1v) is 3.39. The number of carbonyl (C=O) groups is 2. The fraction of sp³-hybridized carbons (Fsp3) is 0.250. The summed E-state index contributed by atoms with van der Waals surface area (Å²) in [6.45, 7) is 3.11. The van der Waals surface area contributed by atoms with Gasteiger partial charge in [-0.2, -0.15) is 0 Å². The van der Waals surface area contributed by atoms with Crippen LogP contribution in [-0.2, 0) is 19.1 Å². The number of cyclic esters (lactones) is 2. The fourth-order valence-corrected chi connectivity index (χ4v) is 0.650. The Bertz CT molecular complexity index is 257. The third-order valence-corrected chi connectivity index (χ3v) is 1.36. The summed E-state index contributed by atoms with van der Waals surface area (Å²) < 4.78 is 9.46. The van der Waals surface area contributed by atoms with Crippen LogP contribution in [0.2, 0.25) is 0 Å². The Hall–Kier alpha value is -1.58. The van der Waals surface area contributed by atoms with Gasteiger partial charge in [0.2, 0.25) is 0 Å². The second kappa shape index (κ2) is 3.21. The average Bonchev–Trinajstić information content (AvgIpc) is 1.99. The van der Waals surface area contributed by atoms with Gasteiger partial charge in [-0.1, -0.05) is 0 Å². The van der Waals surface area contributed by atoms with E-state index in [1.54, 1.807) is 13.8 Å². The quantitative estimate of drug-likeness (QED) is 0.504. The van der Waals surface area contributed by atoms with Gasteiger partial charge in [-0.25, -0.2) is 9.59 Å². The zero-order valence-corrected chi connectivity index (χ0v) is 6.79. The summed E-state index contributed by atoms with van der Waals surface area (Å²) in [6.07, 6.45) is 2.05. The van der Waals surface area contributed by atoms with Crippen molar-refractivity contribution in [2.24, 2.45) is 0 Å². The molecule has 12 heavy (non-hydrogen) atoms. The standard InChI is InChI=1S/C8H8O4/c1-5-6(2)12-8(10)4-3-7(9)11-5/h3-4H,1-2H3/b4-3-,6-5-. The minimum absolute atomic E-state index is 0.303. The Balaban J connectivity index is 2.91. The highest BCUT2D eigenvalue weighted by molar-refractivity contribution is 5.93. The molecule has 0 unspecified atom stereocenters. The lowest BCUT2D eigenvalue weighted by Crippen LogP contribution is -2.09. The predicted octanol–water partition coefficient (Wildman–Crippen LogP) is 0.894. The molecule has 64 valence electrons. The van der Waals surface area contributed by atoms with Crippen LogP contribution in [-0.4, -0.2) is 11.9 Å². The Morgan fingerprint density at radius 1 is 0.917 bits per heavy atom. The normalized spacial score (nSPS) is 26.8. The van der Waals surface area contributed by atoms with Crippen molar-refractivity contribution in [3.63, 3.8) is 0 Å². The molecule has 0 aromatic carbocycles. The fourth-order valence-electron chi connectivity index (χ4n) is 0.650. The Morgan fingerprint density at radius 3 is 1.58 bits per heavy atom. The maximum Gasteiger partial charge on any atom is 0.336 e. The van der Waals surface area contributed by atoms with E-state index in [-0.39, 0.29) is 0 Å². The highest BCUT2D eigenvalue weighted by Gasteiger charge is 2.11. The lowest BCUT2D eigenvalue weighted by Gasteiger charge is -2.08. The van der Waals surface area contributed by atoms with E-state index in [1.165, 1.54) is 0 Å². The lowest BCUT2D eigenvalue weighted by molar-refractivity contribution is -0.139. The number of hydrogen-bond acceptors (Lipinski definition) is 4. The number of allylic oxidation sites excluding steroid dienone is 2. The molecule has 0 amide bonds. The SMILES string of the molecule is C/C1=C(\C)OC(=O)/C=C\C(=O)O1. The molecule has 1 heterocycles. The molecule has 0 bridgehead atoms. The highest BCUT2D eigenvalue weighted by atomic mass is 16.6. The summed E-state index contributed by atoms with van der Waals surface area (Å²) in [5.74, 6) is -0.526. The van der Waals surface area contributed by atoms with Crippen LogP contribution in [0.5, 0.6) is 0 Å². The van der Waals surface area contributed by atoms with E-state index in [1.807, 2.05) is 0 Å². The summed E-state index contributed by atoms with van der Waals surface area (Å²) in [5.41, 5.74) is 0. The smallest absolute Gasteiger partial charge is 0.336 e. The van der Waals surface area contributed by atoms with Crippen molar-refractivity contribution in [1.82, 2.24) is 0 Å². The summed E-state index contributed by atoms with van der Waals surface area (Å²) in [6, 6.07) is 0. The molecular formula is C8H8O4. The number of hydrogen-bond donors (Lipinski definition) is 0. The Kier molecular flexibility index (Phi) is 2.28. The van der Waals surface area contributed by atoms with Crippen LogP contribution >= 0.6 is 0 Å². The Labute approximate surface area is 69.5 Å². The molecule has 1 aliphatic heterocycles. The number of rotatable bonds is 0. The molecule has 0 atom stereocenters. The van der Waals surface area contributed by atoms with Crippen molar-refractivity contribution in [2.45, 2.75) is 13.8 Å². The van der Waals surface area contributed by atoms with E-state index < -0.39 is 11.9 Å². The zero-order valence-electron chi connectivity index (χ0n) is 6.79. The third kappa shape index (κ3) is 1.95. The summed E-state index contributed by atoms with van der Waals surface area (Å²) in [7, 11) is 0. The molecule has 0 saturated heterocycles. The lowest BCUT2D eigenvalue weighted by atomic mass is 10.4. The van der Waals surface area contributed by atoms with Crippen LogP contribution in [0, 0.1) is 0 Å². The van der Waals surface area contributed by atoms with E-state index in [0.717, 1.165) is 12.2 Å². The molecule has 0 spiro atoms. The van der Waals surface area contributed by atoms with Crippen LogP contribution in [0.4, 0.5) is 0 Å². The topological polar surface area (TPSA) is 52.6 Å². The molecule has 0 aliphatic carbocycles. The molecule has 4 heteroatoms. The second-order valence-corrected chi connectivity index (χ2v) is 2.29. The number of ether oxygens (including phenoxy) is 2. The largest absolute Gasteiger partial charge is 0.425 e.